The fraction of sp³-hybridized carbons (Fsp3) is 0.286. The number of benzene rings is 2. The molecule has 0 spiro atoms. The SMILES string of the molecule is CCC(=O)Nc1ccc(C(=O)NNC(=O)c2ccc(OC(C)CC)cc2)cc1. The highest BCUT2D eigenvalue weighted by molar-refractivity contribution is 5.99. The van der Waals surface area contributed by atoms with Crippen LogP contribution in [0.15, 0.2) is 48.5 Å². The minimum absolute atomic E-state index is 0.0978. The molecule has 1 unspecified atom stereocenters. The maximum atomic E-state index is 12.2. The zero-order valence-electron chi connectivity index (χ0n) is 16.2. The van der Waals surface area contributed by atoms with Gasteiger partial charge in [0.15, 0.2) is 0 Å². The van der Waals surface area contributed by atoms with Crippen LogP contribution in [0.4, 0.5) is 5.69 Å². The molecule has 0 aliphatic heterocycles. The van der Waals surface area contributed by atoms with Crippen molar-refractivity contribution in [1.82, 2.24) is 10.9 Å². The van der Waals surface area contributed by atoms with E-state index in [4.69, 9.17) is 4.74 Å². The summed E-state index contributed by atoms with van der Waals surface area (Å²) in [6, 6.07) is 13.1. The second kappa shape index (κ2) is 10.1. The molecular formula is C21H25N3O4. The van der Waals surface area contributed by atoms with Crippen LogP contribution in [0.2, 0.25) is 0 Å². The van der Waals surface area contributed by atoms with Crippen molar-refractivity contribution in [2.45, 2.75) is 39.7 Å². The van der Waals surface area contributed by atoms with Crippen LogP contribution >= 0.6 is 0 Å². The number of amides is 3. The van der Waals surface area contributed by atoms with Gasteiger partial charge in [0.05, 0.1) is 6.10 Å². The van der Waals surface area contributed by atoms with Gasteiger partial charge in [-0.25, -0.2) is 0 Å². The second-order valence-electron chi connectivity index (χ2n) is 6.25. The largest absolute Gasteiger partial charge is 0.491 e. The van der Waals surface area contributed by atoms with E-state index in [2.05, 4.69) is 16.2 Å². The van der Waals surface area contributed by atoms with Crippen molar-refractivity contribution in [2.24, 2.45) is 0 Å². The van der Waals surface area contributed by atoms with Gasteiger partial charge >= 0.3 is 0 Å². The zero-order chi connectivity index (χ0) is 20.5. The van der Waals surface area contributed by atoms with Gasteiger partial charge in [-0.1, -0.05) is 13.8 Å². The smallest absolute Gasteiger partial charge is 0.269 e. The predicted molar refractivity (Wildman–Crippen MR) is 107 cm³/mol. The van der Waals surface area contributed by atoms with Gasteiger partial charge in [0.1, 0.15) is 5.75 Å². The van der Waals surface area contributed by atoms with Crippen molar-refractivity contribution >= 4 is 23.4 Å². The Bertz CT molecular complexity index is 817. The number of hydrogen-bond donors (Lipinski definition) is 3. The van der Waals surface area contributed by atoms with E-state index in [0.717, 1.165) is 6.42 Å². The molecule has 1 atom stereocenters. The van der Waals surface area contributed by atoms with E-state index >= 15 is 0 Å². The number of hydrogen-bond acceptors (Lipinski definition) is 4. The zero-order valence-corrected chi connectivity index (χ0v) is 16.2. The summed E-state index contributed by atoms with van der Waals surface area (Å²) in [5, 5.41) is 2.70. The minimum atomic E-state index is -0.460. The molecule has 3 N–H and O–H groups in total. The van der Waals surface area contributed by atoms with Gasteiger partial charge in [-0.2, -0.15) is 0 Å². The van der Waals surface area contributed by atoms with Crippen LogP contribution in [-0.4, -0.2) is 23.8 Å². The van der Waals surface area contributed by atoms with E-state index in [9.17, 15) is 14.4 Å². The lowest BCUT2D eigenvalue weighted by Gasteiger charge is -2.13. The van der Waals surface area contributed by atoms with E-state index in [1.54, 1.807) is 55.5 Å². The molecule has 0 fully saturated rings. The topological polar surface area (TPSA) is 96.5 Å². The Balaban J connectivity index is 1.88. The van der Waals surface area contributed by atoms with Crippen molar-refractivity contribution < 1.29 is 19.1 Å². The third-order valence-corrected chi connectivity index (χ3v) is 4.07. The van der Waals surface area contributed by atoms with Crippen LogP contribution in [0.1, 0.15) is 54.3 Å². The van der Waals surface area contributed by atoms with Crippen LogP contribution in [0.25, 0.3) is 0 Å². The molecule has 0 radical (unpaired) electrons. The molecule has 0 aliphatic carbocycles. The van der Waals surface area contributed by atoms with Crippen molar-refractivity contribution in [3.63, 3.8) is 0 Å². The first-order valence-electron chi connectivity index (χ1n) is 9.20. The molecule has 2 rings (SSSR count). The lowest BCUT2D eigenvalue weighted by Crippen LogP contribution is -2.41. The molecule has 28 heavy (non-hydrogen) atoms. The molecule has 2 aromatic carbocycles. The molecular weight excluding hydrogens is 358 g/mol. The van der Waals surface area contributed by atoms with Gasteiger partial charge in [-0.05, 0) is 61.9 Å². The summed E-state index contributed by atoms with van der Waals surface area (Å²) < 4.78 is 5.67. The number of nitrogens with one attached hydrogen (secondary N) is 3. The average molecular weight is 383 g/mol. The molecule has 7 heteroatoms. The monoisotopic (exact) mass is 383 g/mol. The van der Waals surface area contributed by atoms with Crippen LogP contribution in [-0.2, 0) is 4.79 Å². The standard InChI is InChI=1S/C21H25N3O4/c1-4-14(3)28-18-12-8-16(9-13-18)21(27)24-23-20(26)15-6-10-17(11-7-15)22-19(25)5-2/h6-14H,4-5H2,1-3H3,(H,22,25)(H,23,26)(H,24,27). The first-order valence-corrected chi connectivity index (χ1v) is 9.20. The molecule has 0 bridgehead atoms. The van der Waals surface area contributed by atoms with E-state index < -0.39 is 11.8 Å². The van der Waals surface area contributed by atoms with Crippen LogP contribution in [0, 0.1) is 0 Å². The second-order valence-corrected chi connectivity index (χ2v) is 6.25. The van der Waals surface area contributed by atoms with E-state index in [-0.39, 0.29) is 12.0 Å². The normalized spacial score (nSPS) is 11.2. The van der Waals surface area contributed by atoms with E-state index in [1.807, 2.05) is 13.8 Å². The molecule has 0 saturated heterocycles. The van der Waals surface area contributed by atoms with Crippen molar-refractivity contribution in [3.05, 3.63) is 59.7 Å². The number of carbonyl (C=O) groups excluding carboxylic acids is 3. The Hall–Kier alpha value is -3.35. The van der Waals surface area contributed by atoms with Gasteiger partial charge in [0.25, 0.3) is 11.8 Å². The highest BCUT2D eigenvalue weighted by Crippen LogP contribution is 2.15. The molecule has 0 aliphatic rings. The first kappa shape index (κ1) is 21.0. The summed E-state index contributed by atoms with van der Waals surface area (Å²) in [5.74, 6) is -0.316. The molecule has 0 saturated carbocycles. The maximum Gasteiger partial charge on any atom is 0.269 e. The summed E-state index contributed by atoms with van der Waals surface area (Å²) in [7, 11) is 0. The van der Waals surface area contributed by atoms with E-state index in [1.165, 1.54) is 0 Å². The number of ether oxygens (including phenoxy) is 1. The first-order chi connectivity index (χ1) is 13.4. The fourth-order valence-corrected chi connectivity index (χ4v) is 2.21. The van der Waals surface area contributed by atoms with Crippen molar-refractivity contribution in [3.8, 4) is 5.75 Å². The number of hydrazine groups is 1. The van der Waals surface area contributed by atoms with Gasteiger partial charge in [0, 0.05) is 23.2 Å². The van der Waals surface area contributed by atoms with Gasteiger partial charge in [-0.15, -0.1) is 0 Å². The highest BCUT2D eigenvalue weighted by atomic mass is 16.5. The Labute approximate surface area is 164 Å². The fourth-order valence-electron chi connectivity index (χ4n) is 2.21. The Morgan fingerprint density at radius 1 is 0.857 bits per heavy atom. The summed E-state index contributed by atoms with van der Waals surface area (Å²) in [5.41, 5.74) is 6.10. The molecule has 0 heterocycles. The van der Waals surface area contributed by atoms with Crippen LogP contribution in [0.5, 0.6) is 5.75 Å². The quantitative estimate of drug-likeness (QED) is 0.639. The molecule has 148 valence electrons. The number of anilines is 1. The summed E-state index contributed by atoms with van der Waals surface area (Å²) in [6.45, 7) is 5.76. The molecule has 2 aromatic rings. The summed E-state index contributed by atoms with van der Waals surface area (Å²) >= 11 is 0. The third kappa shape index (κ3) is 6.12. The lowest BCUT2D eigenvalue weighted by molar-refractivity contribution is -0.115. The summed E-state index contributed by atoms with van der Waals surface area (Å²) in [6.07, 6.45) is 1.36. The molecule has 3 amide bonds. The van der Waals surface area contributed by atoms with E-state index in [0.29, 0.717) is 29.0 Å². The minimum Gasteiger partial charge on any atom is -0.491 e. The Kier molecular flexibility index (Phi) is 7.56. The Morgan fingerprint density at radius 2 is 1.36 bits per heavy atom. The number of rotatable bonds is 7. The van der Waals surface area contributed by atoms with Crippen LogP contribution in [0.3, 0.4) is 0 Å². The maximum absolute atomic E-state index is 12.2. The highest BCUT2D eigenvalue weighted by Gasteiger charge is 2.10. The van der Waals surface area contributed by atoms with Crippen LogP contribution < -0.4 is 20.9 Å². The molecule has 7 nitrogen and oxygen atoms in total. The third-order valence-electron chi connectivity index (χ3n) is 4.07. The summed E-state index contributed by atoms with van der Waals surface area (Å²) in [4.78, 5) is 35.7. The predicted octanol–water partition coefficient (Wildman–Crippen LogP) is 3.29. The Morgan fingerprint density at radius 3 is 1.82 bits per heavy atom. The average Bonchev–Trinajstić information content (AvgIpc) is 2.72. The van der Waals surface area contributed by atoms with Crippen molar-refractivity contribution in [2.75, 3.05) is 5.32 Å². The number of carbonyl (C=O) groups is 3. The van der Waals surface area contributed by atoms with Gasteiger partial charge in [0.2, 0.25) is 5.91 Å². The lowest BCUT2D eigenvalue weighted by atomic mass is 10.2. The molecule has 0 aromatic heterocycles. The van der Waals surface area contributed by atoms with Gasteiger partial charge in [-0.3, -0.25) is 25.2 Å². The van der Waals surface area contributed by atoms with Crippen molar-refractivity contribution in [1.29, 1.82) is 0 Å². The van der Waals surface area contributed by atoms with Gasteiger partial charge < -0.3 is 10.1 Å².